The number of halogens is 1. The molecular formula is C17H17ClN2O3S. The average Bonchev–Trinajstić information content (AvgIpc) is 3.33. The molecule has 1 aliphatic carbocycles. The summed E-state index contributed by atoms with van der Waals surface area (Å²) in [6, 6.07) is 11.2. The van der Waals surface area contributed by atoms with Crippen molar-refractivity contribution >= 4 is 33.2 Å². The maximum atomic E-state index is 12.3. The van der Waals surface area contributed by atoms with Crippen molar-refractivity contribution in [1.82, 2.24) is 4.72 Å². The van der Waals surface area contributed by atoms with Gasteiger partial charge >= 0.3 is 0 Å². The minimum absolute atomic E-state index is 0.0432. The first-order valence-corrected chi connectivity index (χ1v) is 9.41. The number of hydrogen-bond acceptors (Lipinski definition) is 3. The minimum atomic E-state index is -3.51. The molecule has 2 aromatic rings. The van der Waals surface area contributed by atoms with Gasteiger partial charge in [-0.1, -0.05) is 17.7 Å². The summed E-state index contributed by atoms with van der Waals surface area (Å²) in [5.74, 6) is -0.347. The summed E-state index contributed by atoms with van der Waals surface area (Å²) in [4.78, 5) is 12.4. The van der Waals surface area contributed by atoms with Gasteiger partial charge in [0.2, 0.25) is 10.0 Å². The zero-order valence-corrected chi connectivity index (χ0v) is 14.6. The molecule has 0 saturated heterocycles. The molecule has 7 heteroatoms. The van der Waals surface area contributed by atoms with E-state index in [1.165, 1.54) is 24.3 Å². The van der Waals surface area contributed by atoms with Crippen LogP contribution >= 0.6 is 11.6 Å². The van der Waals surface area contributed by atoms with Crippen LogP contribution in [0.2, 0.25) is 5.02 Å². The van der Waals surface area contributed by atoms with Gasteiger partial charge in [0, 0.05) is 11.6 Å². The maximum Gasteiger partial charge on any atom is 0.255 e. The van der Waals surface area contributed by atoms with E-state index in [9.17, 15) is 13.2 Å². The Labute approximate surface area is 146 Å². The second kappa shape index (κ2) is 6.55. The van der Waals surface area contributed by atoms with E-state index in [1.54, 1.807) is 12.1 Å². The predicted octanol–water partition coefficient (Wildman–Crippen LogP) is 3.34. The second-order valence-electron chi connectivity index (χ2n) is 5.86. The van der Waals surface area contributed by atoms with Crippen LogP contribution in [0, 0.1) is 6.92 Å². The van der Waals surface area contributed by atoms with Crippen LogP contribution in [0.4, 0.5) is 5.69 Å². The summed E-state index contributed by atoms with van der Waals surface area (Å²) in [6.07, 6.45) is 1.74. The Morgan fingerprint density at radius 1 is 1.12 bits per heavy atom. The molecule has 1 fully saturated rings. The molecular weight excluding hydrogens is 348 g/mol. The summed E-state index contributed by atoms with van der Waals surface area (Å²) < 4.78 is 26.8. The zero-order valence-electron chi connectivity index (χ0n) is 13.0. The van der Waals surface area contributed by atoms with Gasteiger partial charge in [-0.2, -0.15) is 0 Å². The molecule has 2 aromatic carbocycles. The Kier molecular flexibility index (Phi) is 4.62. The molecule has 0 aliphatic heterocycles. The Balaban J connectivity index is 1.73. The lowest BCUT2D eigenvalue weighted by molar-refractivity contribution is 0.102. The van der Waals surface area contributed by atoms with Crippen LogP contribution in [-0.4, -0.2) is 20.4 Å². The van der Waals surface area contributed by atoms with Crippen molar-refractivity contribution in [2.45, 2.75) is 30.7 Å². The van der Waals surface area contributed by atoms with Gasteiger partial charge in [-0.3, -0.25) is 4.79 Å². The molecule has 0 unspecified atom stereocenters. The summed E-state index contributed by atoms with van der Waals surface area (Å²) in [7, 11) is -3.51. The molecule has 0 aromatic heterocycles. The number of hydrogen-bond donors (Lipinski definition) is 2. The number of nitrogens with one attached hydrogen (secondary N) is 2. The normalized spacial score (nSPS) is 14.4. The first kappa shape index (κ1) is 17.0. The van der Waals surface area contributed by atoms with Gasteiger partial charge in [-0.05, 0) is 61.7 Å². The van der Waals surface area contributed by atoms with Crippen molar-refractivity contribution in [2.24, 2.45) is 0 Å². The number of aryl methyl sites for hydroxylation is 1. The van der Waals surface area contributed by atoms with Crippen LogP contribution in [0.5, 0.6) is 0 Å². The molecule has 5 nitrogen and oxygen atoms in total. The third-order valence-corrected chi connectivity index (χ3v) is 5.55. The van der Waals surface area contributed by atoms with Crippen LogP contribution in [0.25, 0.3) is 0 Å². The summed E-state index contributed by atoms with van der Waals surface area (Å²) >= 11 is 6.10. The molecule has 0 spiro atoms. The number of sulfonamides is 1. The van der Waals surface area contributed by atoms with E-state index in [-0.39, 0.29) is 16.8 Å². The minimum Gasteiger partial charge on any atom is -0.321 e. The Hall–Kier alpha value is -1.89. The molecule has 0 heterocycles. The topological polar surface area (TPSA) is 75.3 Å². The zero-order chi connectivity index (χ0) is 17.3. The maximum absolute atomic E-state index is 12.3. The van der Waals surface area contributed by atoms with Gasteiger partial charge in [0.15, 0.2) is 0 Å². The number of carbonyl (C=O) groups is 1. The SMILES string of the molecule is Cc1ccc(NC(=O)c2ccc(S(=O)(=O)NC3CC3)cc2)c(Cl)c1. The van der Waals surface area contributed by atoms with Gasteiger partial charge in [-0.25, -0.2) is 13.1 Å². The Bertz CT molecular complexity index is 875. The smallest absolute Gasteiger partial charge is 0.255 e. The van der Waals surface area contributed by atoms with E-state index in [4.69, 9.17) is 11.6 Å². The Morgan fingerprint density at radius 2 is 1.79 bits per heavy atom. The van der Waals surface area contributed by atoms with Crippen molar-refractivity contribution in [3.63, 3.8) is 0 Å². The van der Waals surface area contributed by atoms with Crippen LogP contribution in [0.15, 0.2) is 47.4 Å². The molecule has 1 aliphatic rings. The molecule has 24 heavy (non-hydrogen) atoms. The molecule has 3 rings (SSSR count). The highest BCUT2D eigenvalue weighted by Gasteiger charge is 2.27. The third kappa shape index (κ3) is 3.95. The highest BCUT2D eigenvalue weighted by atomic mass is 35.5. The fourth-order valence-corrected chi connectivity index (χ4v) is 3.78. The van der Waals surface area contributed by atoms with Crippen LogP contribution in [0.3, 0.4) is 0 Å². The number of benzene rings is 2. The quantitative estimate of drug-likeness (QED) is 0.854. The van der Waals surface area contributed by atoms with E-state index in [0.717, 1.165) is 18.4 Å². The molecule has 2 N–H and O–H groups in total. The number of amides is 1. The Morgan fingerprint density at radius 3 is 2.38 bits per heavy atom. The first-order valence-electron chi connectivity index (χ1n) is 7.55. The summed E-state index contributed by atoms with van der Waals surface area (Å²) in [6.45, 7) is 1.91. The third-order valence-electron chi connectivity index (χ3n) is 3.70. The highest BCUT2D eigenvalue weighted by Crippen LogP contribution is 2.24. The van der Waals surface area contributed by atoms with E-state index < -0.39 is 10.0 Å². The van der Waals surface area contributed by atoms with Crippen molar-refractivity contribution in [1.29, 1.82) is 0 Å². The van der Waals surface area contributed by atoms with E-state index in [0.29, 0.717) is 16.3 Å². The number of anilines is 1. The average molecular weight is 365 g/mol. The van der Waals surface area contributed by atoms with Gasteiger partial charge < -0.3 is 5.32 Å². The van der Waals surface area contributed by atoms with Crippen LogP contribution < -0.4 is 10.0 Å². The number of carbonyl (C=O) groups excluding carboxylic acids is 1. The molecule has 0 radical (unpaired) electrons. The van der Waals surface area contributed by atoms with Crippen molar-refractivity contribution in [2.75, 3.05) is 5.32 Å². The van der Waals surface area contributed by atoms with Crippen LogP contribution in [-0.2, 0) is 10.0 Å². The molecule has 126 valence electrons. The fourth-order valence-electron chi connectivity index (χ4n) is 2.19. The van der Waals surface area contributed by atoms with E-state index >= 15 is 0 Å². The first-order chi connectivity index (χ1) is 11.3. The lowest BCUT2D eigenvalue weighted by Crippen LogP contribution is -2.25. The summed E-state index contributed by atoms with van der Waals surface area (Å²) in [5, 5.41) is 3.17. The standard InChI is InChI=1S/C17H17ClN2O3S/c1-11-2-9-16(15(18)10-11)19-17(21)12-3-7-14(8-4-12)24(22,23)20-13-5-6-13/h2-4,7-10,13,20H,5-6H2,1H3,(H,19,21). The van der Waals surface area contributed by atoms with Crippen molar-refractivity contribution in [3.05, 3.63) is 58.6 Å². The lowest BCUT2D eigenvalue weighted by atomic mass is 10.2. The monoisotopic (exact) mass is 364 g/mol. The number of rotatable bonds is 5. The second-order valence-corrected chi connectivity index (χ2v) is 7.98. The van der Waals surface area contributed by atoms with Gasteiger partial charge in [-0.15, -0.1) is 0 Å². The molecule has 1 saturated carbocycles. The lowest BCUT2D eigenvalue weighted by Gasteiger charge is -2.09. The largest absolute Gasteiger partial charge is 0.321 e. The van der Waals surface area contributed by atoms with E-state index in [2.05, 4.69) is 10.0 Å². The molecule has 0 bridgehead atoms. The predicted molar refractivity (Wildman–Crippen MR) is 93.9 cm³/mol. The van der Waals surface area contributed by atoms with Gasteiger partial charge in [0.25, 0.3) is 5.91 Å². The van der Waals surface area contributed by atoms with Crippen LogP contribution in [0.1, 0.15) is 28.8 Å². The summed E-state index contributed by atoms with van der Waals surface area (Å²) in [5.41, 5.74) is 1.87. The van der Waals surface area contributed by atoms with Gasteiger partial charge in [0.05, 0.1) is 15.6 Å². The van der Waals surface area contributed by atoms with Crippen molar-refractivity contribution < 1.29 is 13.2 Å². The molecule has 0 atom stereocenters. The van der Waals surface area contributed by atoms with E-state index in [1.807, 2.05) is 13.0 Å². The fraction of sp³-hybridized carbons (Fsp3) is 0.235. The highest BCUT2D eigenvalue weighted by molar-refractivity contribution is 7.89. The van der Waals surface area contributed by atoms with Crippen molar-refractivity contribution in [3.8, 4) is 0 Å². The van der Waals surface area contributed by atoms with Gasteiger partial charge in [0.1, 0.15) is 0 Å². The molecule has 1 amide bonds.